The van der Waals surface area contributed by atoms with Gasteiger partial charge in [-0.3, -0.25) is 0 Å². The van der Waals surface area contributed by atoms with Crippen molar-refractivity contribution in [2.24, 2.45) is 0 Å². The molecule has 0 saturated heterocycles. The zero-order valence-corrected chi connectivity index (χ0v) is 10.9. The number of nitrogens with one attached hydrogen (secondary N) is 1. The lowest BCUT2D eigenvalue weighted by Crippen LogP contribution is -2.31. The lowest BCUT2D eigenvalue weighted by atomic mass is 10.2. The molecular formula is C12H28N2O. The molecule has 0 fully saturated rings. The number of ether oxygens (including phenoxy) is 1. The topological polar surface area (TPSA) is 24.5 Å². The second kappa shape index (κ2) is 10.4. The maximum atomic E-state index is 5.84. The fourth-order valence-corrected chi connectivity index (χ4v) is 1.41. The van der Waals surface area contributed by atoms with Crippen LogP contribution in [0.15, 0.2) is 0 Å². The number of nitrogens with zero attached hydrogens (tertiary/aromatic N) is 1. The van der Waals surface area contributed by atoms with Crippen molar-refractivity contribution in [3.05, 3.63) is 0 Å². The second-order valence-electron chi connectivity index (χ2n) is 4.29. The van der Waals surface area contributed by atoms with Crippen LogP contribution in [0.5, 0.6) is 0 Å². The van der Waals surface area contributed by atoms with Crippen LogP contribution < -0.4 is 5.32 Å². The van der Waals surface area contributed by atoms with E-state index in [1.165, 1.54) is 12.8 Å². The number of hydrogen-bond acceptors (Lipinski definition) is 3. The Labute approximate surface area is 95.2 Å². The summed E-state index contributed by atoms with van der Waals surface area (Å²) < 4.78 is 5.84. The Morgan fingerprint density at radius 1 is 1.20 bits per heavy atom. The Kier molecular flexibility index (Phi) is 10.3. The van der Waals surface area contributed by atoms with Crippen LogP contribution in [-0.2, 0) is 4.74 Å². The smallest absolute Gasteiger partial charge is 0.0700 e. The Bertz CT molecular complexity index is 129. The minimum absolute atomic E-state index is 0.390. The van der Waals surface area contributed by atoms with Crippen molar-refractivity contribution >= 4 is 0 Å². The minimum Gasteiger partial charge on any atom is -0.376 e. The maximum absolute atomic E-state index is 5.84. The highest BCUT2D eigenvalue weighted by Crippen LogP contribution is 2.01. The van der Waals surface area contributed by atoms with Gasteiger partial charge in [0, 0.05) is 13.1 Å². The molecule has 0 aromatic carbocycles. The van der Waals surface area contributed by atoms with Gasteiger partial charge in [0.2, 0.25) is 0 Å². The van der Waals surface area contributed by atoms with Gasteiger partial charge in [0.15, 0.2) is 0 Å². The van der Waals surface area contributed by atoms with Crippen molar-refractivity contribution in [2.45, 2.75) is 39.2 Å². The standard InChI is InChI=1S/C12H28N2O/c1-5-7-12(11-13-8-6-2)15-10-9-14(3)4/h12-13H,5-11H2,1-4H3. The highest BCUT2D eigenvalue weighted by atomic mass is 16.5. The maximum Gasteiger partial charge on any atom is 0.0700 e. The van der Waals surface area contributed by atoms with E-state index in [1.807, 2.05) is 0 Å². The largest absolute Gasteiger partial charge is 0.376 e. The van der Waals surface area contributed by atoms with E-state index >= 15 is 0 Å². The van der Waals surface area contributed by atoms with Crippen LogP contribution in [0.3, 0.4) is 0 Å². The van der Waals surface area contributed by atoms with Crippen LogP contribution in [0.4, 0.5) is 0 Å². The van der Waals surface area contributed by atoms with Gasteiger partial charge in [-0.2, -0.15) is 0 Å². The molecule has 0 heterocycles. The van der Waals surface area contributed by atoms with Crippen molar-refractivity contribution in [2.75, 3.05) is 40.3 Å². The van der Waals surface area contributed by atoms with E-state index in [9.17, 15) is 0 Å². The van der Waals surface area contributed by atoms with E-state index in [0.29, 0.717) is 6.10 Å². The van der Waals surface area contributed by atoms with Crippen molar-refractivity contribution < 1.29 is 4.74 Å². The highest BCUT2D eigenvalue weighted by molar-refractivity contribution is 4.61. The van der Waals surface area contributed by atoms with E-state index in [4.69, 9.17) is 4.74 Å². The fourth-order valence-electron chi connectivity index (χ4n) is 1.41. The van der Waals surface area contributed by atoms with Gasteiger partial charge in [0.1, 0.15) is 0 Å². The normalized spacial score (nSPS) is 13.4. The summed E-state index contributed by atoms with van der Waals surface area (Å²) in [6.45, 7) is 8.34. The average Bonchev–Trinajstić information content (AvgIpc) is 2.17. The second-order valence-corrected chi connectivity index (χ2v) is 4.29. The lowest BCUT2D eigenvalue weighted by Gasteiger charge is -2.19. The summed E-state index contributed by atoms with van der Waals surface area (Å²) in [7, 11) is 4.15. The summed E-state index contributed by atoms with van der Waals surface area (Å²) in [5.74, 6) is 0. The molecule has 0 saturated carbocycles. The zero-order valence-electron chi connectivity index (χ0n) is 10.9. The van der Waals surface area contributed by atoms with Crippen LogP contribution in [0.25, 0.3) is 0 Å². The van der Waals surface area contributed by atoms with E-state index in [1.54, 1.807) is 0 Å². The van der Waals surface area contributed by atoms with Gasteiger partial charge < -0.3 is 15.0 Å². The molecule has 0 aromatic rings. The molecular weight excluding hydrogens is 188 g/mol. The summed E-state index contributed by atoms with van der Waals surface area (Å²) >= 11 is 0. The monoisotopic (exact) mass is 216 g/mol. The quantitative estimate of drug-likeness (QED) is 0.563. The highest BCUT2D eigenvalue weighted by Gasteiger charge is 2.06. The summed E-state index contributed by atoms with van der Waals surface area (Å²) in [5, 5.41) is 3.42. The average molecular weight is 216 g/mol. The Morgan fingerprint density at radius 3 is 2.47 bits per heavy atom. The molecule has 0 rings (SSSR count). The molecule has 1 N–H and O–H groups in total. The van der Waals surface area contributed by atoms with E-state index in [0.717, 1.165) is 32.7 Å². The third kappa shape index (κ3) is 10.2. The molecule has 3 nitrogen and oxygen atoms in total. The minimum atomic E-state index is 0.390. The summed E-state index contributed by atoms with van der Waals surface area (Å²) in [4.78, 5) is 2.16. The van der Waals surface area contributed by atoms with Gasteiger partial charge in [-0.1, -0.05) is 20.3 Å². The zero-order chi connectivity index (χ0) is 11.5. The van der Waals surface area contributed by atoms with Crippen LogP contribution in [0.1, 0.15) is 33.1 Å². The van der Waals surface area contributed by atoms with Crippen LogP contribution >= 0.6 is 0 Å². The van der Waals surface area contributed by atoms with Crippen molar-refractivity contribution in [1.29, 1.82) is 0 Å². The first kappa shape index (κ1) is 14.9. The number of likely N-dealkylation sites (N-methyl/N-ethyl adjacent to an activating group) is 1. The molecule has 1 atom stereocenters. The number of rotatable bonds is 10. The molecule has 0 aromatic heterocycles. The predicted octanol–water partition coefficient (Wildman–Crippen LogP) is 1.73. The molecule has 3 heteroatoms. The molecule has 0 aliphatic carbocycles. The molecule has 92 valence electrons. The van der Waals surface area contributed by atoms with Crippen molar-refractivity contribution in [3.8, 4) is 0 Å². The molecule has 0 aliphatic rings. The molecule has 0 aliphatic heterocycles. The van der Waals surface area contributed by atoms with Gasteiger partial charge >= 0.3 is 0 Å². The van der Waals surface area contributed by atoms with Crippen molar-refractivity contribution in [1.82, 2.24) is 10.2 Å². The van der Waals surface area contributed by atoms with Crippen LogP contribution in [-0.4, -0.2) is 51.3 Å². The fraction of sp³-hybridized carbons (Fsp3) is 1.00. The molecule has 1 unspecified atom stereocenters. The molecule has 15 heavy (non-hydrogen) atoms. The lowest BCUT2D eigenvalue weighted by molar-refractivity contribution is 0.0388. The first-order valence-electron chi connectivity index (χ1n) is 6.17. The first-order chi connectivity index (χ1) is 7.20. The Balaban J connectivity index is 3.53. The first-order valence-corrected chi connectivity index (χ1v) is 6.17. The molecule has 0 amide bonds. The van der Waals surface area contributed by atoms with Gasteiger partial charge in [-0.05, 0) is 33.5 Å². The Morgan fingerprint density at radius 2 is 1.93 bits per heavy atom. The predicted molar refractivity (Wildman–Crippen MR) is 66.4 cm³/mol. The van der Waals surface area contributed by atoms with Crippen LogP contribution in [0, 0.1) is 0 Å². The SMILES string of the molecule is CCCNCC(CCC)OCCN(C)C. The molecule has 0 spiro atoms. The van der Waals surface area contributed by atoms with Gasteiger partial charge in [0.05, 0.1) is 12.7 Å². The third-order valence-electron chi connectivity index (χ3n) is 2.30. The van der Waals surface area contributed by atoms with E-state index < -0.39 is 0 Å². The summed E-state index contributed by atoms with van der Waals surface area (Å²) in [6.07, 6.45) is 3.93. The van der Waals surface area contributed by atoms with Crippen molar-refractivity contribution in [3.63, 3.8) is 0 Å². The van der Waals surface area contributed by atoms with Gasteiger partial charge in [0.25, 0.3) is 0 Å². The van der Waals surface area contributed by atoms with E-state index in [2.05, 4.69) is 38.2 Å². The summed E-state index contributed by atoms with van der Waals surface area (Å²) in [5.41, 5.74) is 0. The van der Waals surface area contributed by atoms with Gasteiger partial charge in [-0.15, -0.1) is 0 Å². The summed E-state index contributed by atoms with van der Waals surface area (Å²) in [6, 6.07) is 0. The van der Waals surface area contributed by atoms with Crippen LogP contribution in [0.2, 0.25) is 0 Å². The third-order valence-corrected chi connectivity index (χ3v) is 2.30. The molecule has 0 bridgehead atoms. The van der Waals surface area contributed by atoms with Gasteiger partial charge in [-0.25, -0.2) is 0 Å². The number of hydrogen-bond donors (Lipinski definition) is 1. The van der Waals surface area contributed by atoms with E-state index in [-0.39, 0.29) is 0 Å². The Hall–Kier alpha value is -0.120. The molecule has 0 radical (unpaired) electrons.